The molecule has 2 N–H and O–H groups in total. The Bertz CT molecular complexity index is 745. The molecule has 0 aromatic heterocycles. The molecule has 2 rings (SSSR count). The number of phenolic OH excluding ortho intramolecular Hbond substituents is 1. The molecule has 104 valence electrons. The number of phenols is 1. The third-order valence-electron chi connectivity index (χ3n) is 2.53. The number of nitrogens with zero attached hydrogens (tertiary/aromatic N) is 1. The second kappa shape index (κ2) is 6.21. The van der Waals surface area contributed by atoms with Crippen molar-refractivity contribution in [3.63, 3.8) is 0 Å². The summed E-state index contributed by atoms with van der Waals surface area (Å²) in [6.45, 7) is 0. The highest BCUT2D eigenvalue weighted by Gasteiger charge is 2.11. The van der Waals surface area contributed by atoms with Crippen LogP contribution in [0.4, 0.5) is 11.4 Å². The van der Waals surface area contributed by atoms with Crippen LogP contribution in [0.15, 0.2) is 48.5 Å². The zero-order valence-electron chi connectivity index (χ0n) is 10.7. The number of nitro groups is 1. The maximum atomic E-state index is 11.6. The highest BCUT2D eigenvalue weighted by Crippen LogP contribution is 2.27. The number of carbonyl (C=O) groups is 1. The summed E-state index contributed by atoms with van der Waals surface area (Å²) in [5.41, 5.74) is 0.481. The lowest BCUT2D eigenvalue weighted by Crippen LogP contribution is -2.08. The average molecular weight is 282 g/mol. The van der Waals surface area contributed by atoms with E-state index < -0.39 is 10.8 Å². The molecule has 6 nitrogen and oxygen atoms in total. The number of benzene rings is 2. The van der Waals surface area contributed by atoms with Crippen LogP contribution in [0.5, 0.6) is 5.75 Å². The minimum atomic E-state index is -0.638. The molecule has 0 aliphatic heterocycles. The van der Waals surface area contributed by atoms with E-state index in [0.717, 1.165) is 6.07 Å². The SMILES string of the molecule is O=C(C#Cc1ccccc1)Nc1ccc([N+](=O)[O-])cc1O. The van der Waals surface area contributed by atoms with Gasteiger partial charge in [0, 0.05) is 17.6 Å². The zero-order valence-corrected chi connectivity index (χ0v) is 10.7. The Hall–Kier alpha value is -3.33. The topological polar surface area (TPSA) is 92.5 Å². The summed E-state index contributed by atoms with van der Waals surface area (Å²) in [4.78, 5) is 21.5. The van der Waals surface area contributed by atoms with Crippen LogP contribution in [-0.4, -0.2) is 15.9 Å². The Morgan fingerprint density at radius 3 is 2.52 bits per heavy atom. The molecule has 0 fully saturated rings. The van der Waals surface area contributed by atoms with E-state index in [9.17, 15) is 20.0 Å². The molecule has 1 amide bonds. The van der Waals surface area contributed by atoms with Crippen LogP contribution in [0.1, 0.15) is 5.56 Å². The molecule has 21 heavy (non-hydrogen) atoms. The lowest BCUT2D eigenvalue weighted by Gasteiger charge is -2.03. The van der Waals surface area contributed by atoms with Gasteiger partial charge in [0.2, 0.25) is 0 Å². The maximum Gasteiger partial charge on any atom is 0.300 e. The summed E-state index contributed by atoms with van der Waals surface area (Å²) in [6, 6.07) is 12.3. The van der Waals surface area contributed by atoms with Crippen LogP contribution in [0.3, 0.4) is 0 Å². The molecule has 0 radical (unpaired) electrons. The van der Waals surface area contributed by atoms with E-state index >= 15 is 0 Å². The van der Waals surface area contributed by atoms with Crippen molar-refractivity contribution >= 4 is 17.3 Å². The third-order valence-corrected chi connectivity index (χ3v) is 2.53. The van der Waals surface area contributed by atoms with Gasteiger partial charge in [-0.2, -0.15) is 0 Å². The van der Waals surface area contributed by atoms with Gasteiger partial charge in [0.1, 0.15) is 5.75 Å². The van der Waals surface area contributed by atoms with Crippen molar-refractivity contribution in [1.82, 2.24) is 0 Å². The summed E-state index contributed by atoms with van der Waals surface area (Å²) >= 11 is 0. The first-order chi connectivity index (χ1) is 10.1. The number of nitro benzene ring substituents is 1. The molecule has 2 aromatic carbocycles. The fourth-order valence-electron chi connectivity index (χ4n) is 1.54. The van der Waals surface area contributed by atoms with Crippen molar-refractivity contribution in [3.05, 3.63) is 64.2 Å². The first kappa shape index (κ1) is 14.1. The third kappa shape index (κ3) is 3.81. The molecule has 0 atom stereocenters. The van der Waals surface area contributed by atoms with Crippen LogP contribution in [0, 0.1) is 22.0 Å². The molecule has 0 saturated carbocycles. The van der Waals surface area contributed by atoms with Crippen molar-refractivity contribution in [1.29, 1.82) is 0 Å². The van der Waals surface area contributed by atoms with Gasteiger partial charge >= 0.3 is 5.91 Å². The number of anilines is 1. The highest BCUT2D eigenvalue weighted by molar-refractivity contribution is 6.05. The van der Waals surface area contributed by atoms with Crippen LogP contribution in [0.2, 0.25) is 0 Å². The summed E-state index contributed by atoms with van der Waals surface area (Å²) < 4.78 is 0. The molecule has 0 spiro atoms. The summed E-state index contributed by atoms with van der Waals surface area (Å²) in [6.07, 6.45) is 0. The molecule has 0 unspecified atom stereocenters. The van der Waals surface area contributed by atoms with Crippen molar-refractivity contribution in [2.24, 2.45) is 0 Å². The first-order valence-electron chi connectivity index (χ1n) is 5.92. The molecular formula is C15H10N2O4. The van der Waals surface area contributed by atoms with Gasteiger partial charge in [-0.1, -0.05) is 24.1 Å². The molecular weight excluding hydrogens is 272 g/mol. The van der Waals surface area contributed by atoms with Gasteiger partial charge in [0.15, 0.2) is 0 Å². The number of non-ortho nitro benzene ring substituents is 1. The van der Waals surface area contributed by atoms with E-state index in [1.165, 1.54) is 12.1 Å². The van der Waals surface area contributed by atoms with Gasteiger partial charge in [0.05, 0.1) is 16.7 Å². The second-order valence-electron chi connectivity index (χ2n) is 4.03. The summed E-state index contributed by atoms with van der Waals surface area (Å²) in [7, 11) is 0. The first-order valence-corrected chi connectivity index (χ1v) is 5.92. The Morgan fingerprint density at radius 2 is 1.90 bits per heavy atom. The number of hydrogen-bond acceptors (Lipinski definition) is 4. The fraction of sp³-hybridized carbons (Fsp3) is 0. The number of amides is 1. The van der Waals surface area contributed by atoms with Crippen molar-refractivity contribution < 1.29 is 14.8 Å². The summed E-state index contributed by atoms with van der Waals surface area (Å²) in [5.74, 6) is 4.02. The quantitative estimate of drug-likeness (QED) is 0.382. The number of rotatable bonds is 2. The number of nitrogens with one attached hydrogen (secondary N) is 1. The predicted octanol–water partition coefficient (Wildman–Crippen LogP) is 2.29. The van der Waals surface area contributed by atoms with Crippen LogP contribution >= 0.6 is 0 Å². The van der Waals surface area contributed by atoms with Gasteiger partial charge in [0.25, 0.3) is 5.69 Å². The molecule has 0 saturated heterocycles. The molecule has 0 heterocycles. The zero-order chi connectivity index (χ0) is 15.2. The van der Waals surface area contributed by atoms with Gasteiger partial charge < -0.3 is 10.4 Å². The lowest BCUT2D eigenvalue weighted by atomic mass is 10.2. The van der Waals surface area contributed by atoms with Crippen LogP contribution in [-0.2, 0) is 4.79 Å². The molecule has 2 aromatic rings. The second-order valence-corrected chi connectivity index (χ2v) is 4.03. The van der Waals surface area contributed by atoms with E-state index in [2.05, 4.69) is 17.2 Å². The lowest BCUT2D eigenvalue weighted by molar-refractivity contribution is -0.384. The van der Waals surface area contributed by atoms with Crippen LogP contribution in [0.25, 0.3) is 0 Å². The van der Waals surface area contributed by atoms with E-state index in [0.29, 0.717) is 5.56 Å². The number of carbonyl (C=O) groups excluding carboxylic acids is 1. The van der Waals surface area contributed by atoms with E-state index in [-0.39, 0.29) is 17.1 Å². The smallest absolute Gasteiger partial charge is 0.300 e. The predicted molar refractivity (Wildman–Crippen MR) is 76.7 cm³/mol. The normalized spacial score (nSPS) is 9.33. The molecule has 0 aliphatic rings. The minimum absolute atomic E-state index is 0.0629. The van der Waals surface area contributed by atoms with E-state index in [1.54, 1.807) is 24.3 Å². The molecule has 6 heteroatoms. The van der Waals surface area contributed by atoms with Gasteiger partial charge in [-0.25, -0.2) is 0 Å². The summed E-state index contributed by atoms with van der Waals surface area (Å²) in [5, 5.41) is 22.5. The maximum absolute atomic E-state index is 11.6. The van der Waals surface area contributed by atoms with Crippen LogP contribution < -0.4 is 5.32 Å². The van der Waals surface area contributed by atoms with Gasteiger partial charge in [-0.15, -0.1) is 0 Å². The Kier molecular flexibility index (Phi) is 4.17. The standard InChI is InChI=1S/C15H10N2O4/c18-14-10-12(17(20)21)7-8-13(14)16-15(19)9-6-11-4-2-1-3-5-11/h1-5,7-8,10,18H,(H,16,19). The Morgan fingerprint density at radius 1 is 1.19 bits per heavy atom. The highest BCUT2D eigenvalue weighted by atomic mass is 16.6. The fourth-order valence-corrected chi connectivity index (χ4v) is 1.54. The number of hydrogen-bond donors (Lipinski definition) is 2. The Balaban J connectivity index is 2.10. The largest absolute Gasteiger partial charge is 0.506 e. The van der Waals surface area contributed by atoms with E-state index in [4.69, 9.17) is 0 Å². The van der Waals surface area contributed by atoms with Gasteiger partial charge in [-0.3, -0.25) is 14.9 Å². The minimum Gasteiger partial charge on any atom is -0.506 e. The number of aromatic hydroxyl groups is 1. The van der Waals surface area contributed by atoms with E-state index in [1.807, 2.05) is 6.07 Å². The monoisotopic (exact) mass is 282 g/mol. The molecule has 0 aliphatic carbocycles. The molecule has 0 bridgehead atoms. The van der Waals surface area contributed by atoms with Crippen molar-refractivity contribution in [2.45, 2.75) is 0 Å². The average Bonchev–Trinajstić information content (AvgIpc) is 2.48. The van der Waals surface area contributed by atoms with Gasteiger partial charge in [-0.05, 0) is 18.2 Å². The van der Waals surface area contributed by atoms with Crippen molar-refractivity contribution in [3.8, 4) is 17.6 Å². The van der Waals surface area contributed by atoms with Crippen molar-refractivity contribution in [2.75, 3.05) is 5.32 Å². The Labute approximate surface area is 120 Å².